The van der Waals surface area contributed by atoms with E-state index in [1.165, 1.54) is 30.3 Å². The van der Waals surface area contributed by atoms with Crippen molar-refractivity contribution >= 4 is 52.1 Å². The lowest BCUT2D eigenvalue weighted by atomic mass is 10.1. The van der Waals surface area contributed by atoms with Crippen molar-refractivity contribution in [2.75, 3.05) is 26.4 Å². The molecule has 0 radical (unpaired) electrons. The monoisotopic (exact) mass is 559 g/mol. The molecule has 34 heavy (non-hydrogen) atoms. The zero-order chi connectivity index (χ0) is 25.1. The summed E-state index contributed by atoms with van der Waals surface area (Å²) in [5.41, 5.74) is -1.24. The van der Waals surface area contributed by atoms with E-state index in [0.717, 1.165) is 0 Å². The molecule has 0 aliphatic rings. The Hall–Kier alpha value is -2.00. The summed E-state index contributed by atoms with van der Waals surface area (Å²) in [5, 5.41) is 3.68. The van der Waals surface area contributed by atoms with Crippen LogP contribution in [0.4, 0.5) is 13.2 Å². The fourth-order valence-electron chi connectivity index (χ4n) is 2.49. The Bertz CT molecular complexity index is 972. The van der Waals surface area contributed by atoms with E-state index in [-0.39, 0.29) is 46.5 Å². The van der Waals surface area contributed by atoms with E-state index in [4.69, 9.17) is 60.6 Å². The highest BCUT2D eigenvalue weighted by molar-refractivity contribution is 6.55. The third-order valence-corrected chi connectivity index (χ3v) is 4.81. The van der Waals surface area contributed by atoms with Crippen molar-refractivity contribution in [1.82, 2.24) is 0 Å². The summed E-state index contributed by atoms with van der Waals surface area (Å²) < 4.78 is 56.0. The molecular weight excluding hydrogens is 541 g/mol. The first-order chi connectivity index (χ1) is 16.1. The number of hydrogen-bond acceptors (Lipinski definition) is 5. The molecule has 2 aromatic carbocycles. The normalized spacial score (nSPS) is 11.7. The van der Waals surface area contributed by atoms with Gasteiger partial charge in [-0.05, 0) is 37.3 Å². The summed E-state index contributed by atoms with van der Waals surface area (Å²) in [6.45, 7) is 2.20. The number of halogens is 7. The lowest BCUT2D eigenvalue weighted by Gasteiger charge is -2.13. The summed E-state index contributed by atoms with van der Waals surface area (Å²) >= 11 is 23.4. The Balaban J connectivity index is 1.84. The van der Waals surface area contributed by atoms with E-state index >= 15 is 0 Å². The molecule has 0 aromatic heterocycles. The average Bonchev–Trinajstić information content (AvgIpc) is 2.75. The maximum Gasteiger partial charge on any atom is 0.437 e. The lowest BCUT2D eigenvalue weighted by molar-refractivity contribution is -0.0613. The maximum atomic E-state index is 13.1. The smallest absolute Gasteiger partial charge is 0.437 e. The number of benzene rings is 2. The summed E-state index contributed by atoms with van der Waals surface area (Å²) in [5.74, 6) is 1.10. The fourth-order valence-corrected chi connectivity index (χ4v) is 3.19. The largest absolute Gasteiger partial charge is 0.493 e. The molecule has 2 rings (SSSR count). The molecule has 0 unspecified atom stereocenters. The number of nitrogens with zero attached hydrogens (tertiary/aromatic N) is 1. The van der Waals surface area contributed by atoms with Crippen molar-refractivity contribution in [1.29, 1.82) is 0 Å². The Labute approximate surface area is 214 Å². The summed E-state index contributed by atoms with van der Waals surface area (Å²) in [7, 11) is 0. The predicted molar refractivity (Wildman–Crippen MR) is 128 cm³/mol. The van der Waals surface area contributed by atoms with E-state index in [2.05, 4.69) is 9.99 Å². The van der Waals surface area contributed by atoms with E-state index in [1.54, 1.807) is 19.1 Å². The van der Waals surface area contributed by atoms with E-state index < -0.39 is 11.9 Å². The number of ether oxygens (including phenoxy) is 3. The van der Waals surface area contributed by atoms with Gasteiger partial charge in [0.2, 0.25) is 0 Å². The molecule has 186 valence electrons. The zero-order valence-electron chi connectivity index (χ0n) is 17.8. The van der Waals surface area contributed by atoms with Gasteiger partial charge in [-0.2, -0.15) is 13.2 Å². The molecule has 0 fully saturated rings. The van der Waals surface area contributed by atoms with E-state index in [9.17, 15) is 13.2 Å². The van der Waals surface area contributed by atoms with Gasteiger partial charge >= 0.3 is 6.18 Å². The summed E-state index contributed by atoms with van der Waals surface area (Å²) in [6.07, 6.45) is -2.71. The van der Waals surface area contributed by atoms with Gasteiger partial charge in [-0.25, -0.2) is 0 Å². The van der Waals surface area contributed by atoms with Crippen LogP contribution in [0.1, 0.15) is 18.9 Å². The first kappa shape index (κ1) is 28.2. The van der Waals surface area contributed by atoms with Crippen molar-refractivity contribution in [2.24, 2.45) is 5.16 Å². The standard InChI is InChI=1S/C22H20Cl4F3NO4/c1-2-34-30-21(22(27,28)29)14-4-6-15(7-5-14)31-9-3-10-33-20-17(23)12-16(13-18(20)24)32-11-8-19(25)26/h4-8,12-13H,2-3,9-11H2,1H3. The topological polar surface area (TPSA) is 49.3 Å². The van der Waals surface area contributed by atoms with Gasteiger partial charge in [-0.1, -0.05) is 51.6 Å². The van der Waals surface area contributed by atoms with Crippen LogP contribution in [0.15, 0.2) is 52.1 Å². The molecule has 0 aliphatic carbocycles. The number of oxime groups is 1. The highest BCUT2D eigenvalue weighted by Crippen LogP contribution is 2.37. The minimum Gasteiger partial charge on any atom is -0.493 e. The van der Waals surface area contributed by atoms with E-state index in [0.29, 0.717) is 23.7 Å². The molecule has 0 spiro atoms. The van der Waals surface area contributed by atoms with Gasteiger partial charge in [0.25, 0.3) is 0 Å². The van der Waals surface area contributed by atoms with Crippen LogP contribution in [0.2, 0.25) is 10.0 Å². The summed E-state index contributed by atoms with van der Waals surface area (Å²) in [6, 6.07) is 8.45. The van der Waals surface area contributed by atoms with Crippen molar-refractivity contribution in [2.45, 2.75) is 19.5 Å². The molecule has 0 saturated heterocycles. The van der Waals surface area contributed by atoms with Crippen molar-refractivity contribution in [3.05, 3.63) is 62.6 Å². The van der Waals surface area contributed by atoms with Crippen LogP contribution in [-0.2, 0) is 4.84 Å². The third kappa shape index (κ3) is 9.33. The third-order valence-electron chi connectivity index (χ3n) is 3.94. The van der Waals surface area contributed by atoms with Gasteiger partial charge < -0.3 is 19.0 Å². The van der Waals surface area contributed by atoms with Gasteiger partial charge in [-0.3, -0.25) is 0 Å². The minimum absolute atomic E-state index is 0.0265. The van der Waals surface area contributed by atoms with Crippen molar-refractivity contribution < 1.29 is 32.2 Å². The fraction of sp³-hybridized carbons (Fsp3) is 0.318. The predicted octanol–water partition coefficient (Wildman–Crippen LogP) is 7.84. The second-order valence-electron chi connectivity index (χ2n) is 6.45. The SMILES string of the molecule is CCON=C(c1ccc(OCCCOc2c(Cl)cc(OCC=C(Cl)Cl)cc2Cl)cc1)C(F)(F)F. The number of hydrogen-bond donors (Lipinski definition) is 0. The second kappa shape index (κ2) is 13.8. The van der Waals surface area contributed by atoms with Gasteiger partial charge in [0, 0.05) is 24.1 Å². The number of alkyl halides is 3. The molecule has 0 saturated carbocycles. The van der Waals surface area contributed by atoms with Crippen LogP contribution in [-0.4, -0.2) is 38.3 Å². The molecule has 0 heterocycles. The van der Waals surface area contributed by atoms with Crippen LogP contribution in [0, 0.1) is 0 Å². The minimum atomic E-state index is -4.64. The first-order valence-corrected chi connectivity index (χ1v) is 11.4. The Morgan fingerprint density at radius 3 is 2.12 bits per heavy atom. The van der Waals surface area contributed by atoms with Gasteiger partial charge in [0.15, 0.2) is 11.5 Å². The molecule has 0 bridgehead atoms. The average molecular weight is 561 g/mol. The Morgan fingerprint density at radius 1 is 0.941 bits per heavy atom. The first-order valence-electron chi connectivity index (χ1n) is 9.88. The Kier molecular flexibility index (Phi) is 11.4. The number of rotatable bonds is 12. The molecule has 0 aliphatic heterocycles. The highest BCUT2D eigenvalue weighted by atomic mass is 35.5. The summed E-state index contributed by atoms with van der Waals surface area (Å²) in [4.78, 5) is 4.57. The van der Waals surface area contributed by atoms with Gasteiger partial charge in [-0.15, -0.1) is 0 Å². The molecule has 0 atom stereocenters. The maximum absolute atomic E-state index is 13.1. The van der Waals surface area contributed by atoms with Gasteiger partial charge in [0.1, 0.15) is 29.2 Å². The Morgan fingerprint density at radius 2 is 1.56 bits per heavy atom. The van der Waals surface area contributed by atoms with Crippen LogP contribution in [0.3, 0.4) is 0 Å². The van der Waals surface area contributed by atoms with Crippen LogP contribution >= 0.6 is 46.4 Å². The molecule has 0 amide bonds. The molecular formula is C22H20Cl4F3NO4. The van der Waals surface area contributed by atoms with Crippen LogP contribution in [0.5, 0.6) is 17.2 Å². The van der Waals surface area contributed by atoms with Crippen LogP contribution < -0.4 is 14.2 Å². The highest BCUT2D eigenvalue weighted by Gasteiger charge is 2.37. The van der Waals surface area contributed by atoms with Crippen molar-refractivity contribution in [3.63, 3.8) is 0 Å². The molecule has 2 aromatic rings. The second-order valence-corrected chi connectivity index (χ2v) is 8.27. The lowest BCUT2D eigenvalue weighted by Crippen LogP contribution is -2.24. The van der Waals surface area contributed by atoms with Crippen LogP contribution in [0.25, 0.3) is 0 Å². The molecule has 5 nitrogen and oxygen atoms in total. The van der Waals surface area contributed by atoms with Gasteiger partial charge in [0.05, 0.1) is 23.3 Å². The van der Waals surface area contributed by atoms with Crippen molar-refractivity contribution in [3.8, 4) is 17.2 Å². The molecule has 12 heteroatoms. The molecule has 0 N–H and O–H groups in total. The quantitative estimate of drug-likeness (QED) is 0.151. The van der Waals surface area contributed by atoms with E-state index in [1.807, 2.05) is 0 Å². The zero-order valence-corrected chi connectivity index (χ0v) is 20.8.